The molecular formula is C16H26N4O3S. The first-order valence-electron chi connectivity index (χ1n) is 8.10. The van der Waals surface area contributed by atoms with Gasteiger partial charge in [0.15, 0.2) is 5.96 Å². The van der Waals surface area contributed by atoms with Gasteiger partial charge in [0.2, 0.25) is 10.0 Å². The van der Waals surface area contributed by atoms with E-state index >= 15 is 0 Å². The second-order valence-electron chi connectivity index (χ2n) is 6.14. The normalized spacial score (nSPS) is 21.7. The fourth-order valence-corrected chi connectivity index (χ4v) is 3.06. The molecule has 8 heteroatoms. The van der Waals surface area contributed by atoms with Crippen molar-refractivity contribution < 1.29 is 13.2 Å². The Bertz CT molecular complexity index is 665. The number of guanidine groups is 1. The van der Waals surface area contributed by atoms with E-state index in [0.29, 0.717) is 19.0 Å². The number of aliphatic imine (C=N–C) groups is 1. The van der Waals surface area contributed by atoms with Gasteiger partial charge in [-0.3, -0.25) is 0 Å². The van der Waals surface area contributed by atoms with Crippen LogP contribution < -0.4 is 15.8 Å². The summed E-state index contributed by atoms with van der Waals surface area (Å²) >= 11 is 0. The highest BCUT2D eigenvalue weighted by atomic mass is 32.2. The first-order valence-corrected chi connectivity index (χ1v) is 9.65. The quantitative estimate of drug-likeness (QED) is 0.521. The van der Waals surface area contributed by atoms with Gasteiger partial charge in [-0.2, -0.15) is 0 Å². The van der Waals surface area contributed by atoms with Crippen LogP contribution in [-0.2, 0) is 21.3 Å². The molecule has 24 heavy (non-hydrogen) atoms. The molecule has 0 radical (unpaired) electrons. The Balaban J connectivity index is 1.97. The number of ether oxygens (including phenoxy) is 1. The van der Waals surface area contributed by atoms with Crippen LogP contribution in [0.1, 0.15) is 32.3 Å². The van der Waals surface area contributed by atoms with Crippen LogP contribution in [0.15, 0.2) is 34.2 Å². The predicted molar refractivity (Wildman–Crippen MR) is 94.2 cm³/mol. The maximum Gasteiger partial charge on any atom is 0.238 e. The SMILES string of the molecule is CCNC(=NCc1ccc(S(N)(=O)=O)cc1)NCC1(C)CCCO1. The summed E-state index contributed by atoms with van der Waals surface area (Å²) in [5.74, 6) is 0.713. The first-order chi connectivity index (χ1) is 11.3. The van der Waals surface area contributed by atoms with Crippen LogP contribution in [0.5, 0.6) is 0 Å². The summed E-state index contributed by atoms with van der Waals surface area (Å²) in [6, 6.07) is 6.42. The van der Waals surface area contributed by atoms with E-state index in [1.54, 1.807) is 12.1 Å². The lowest BCUT2D eigenvalue weighted by molar-refractivity contribution is 0.0243. The monoisotopic (exact) mass is 354 g/mol. The molecule has 2 rings (SSSR count). The molecule has 4 N–H and O–H groups in total. The summed E-state index contributed by atoms with van der Waals surface area (Å²) in [6.07, 6.45) is 2.12. The van der Waals surface area contributed by atoms with Gasteiger partial charge in [0.25, 0.3) is 0 Å². The Morgan fingerprint density at radius 1 is 1.33 bits per heavy atom. The van der Waals surface area contributed by atoms with E-state index in [9.17, 15) is 8.42 Å². The van der Waals surface area contributed by atoms with Gasteiger partial charge in [-0.25, -0.2) is 18.5 Å². The molecule has 1 saturated heterocycles. The van der Waals surface area contributed by atoms with E-state index in [1.165, 1.54) is 12.1 Å². The number of nitrogens with one attached hydrogen (secondary N) is 2. The fourth-order valence-electron chi connectivity index (χ4n) is 2.54. The second-order valence-corrected chi connectivity index (χ2v) is 7.70. The minimum atomic E-state index is -3.66. The summed E-state index contributed by atoms with van der Waals surface area (Å²) in [7, 11) is -3.66. The maximum absolute atomic E-state index is 11.3. The number of rotatable bonds is 6. The summed E-state index contributed by atoms with van der Waals surface area (Å²) in [6.45, 7) is 6.81. The molecule has 0 amide bonds. The number of nitrogens with zero attached hydrogens (tertiary/aromatic N) is 1. The average molecular weight is 354 g/mol. The van der Waals surface area contributed by atoms with Gasteiger partial charge in [-0.1, -0.05) is 12.1 Å². The molecule has 1 fully saturated rings. The molecule has 0 aromatic heterocycles. The highest BCUT2D eigenvalue weighted by molar-refractivity contribution is 7.89. The van der Waals surface area contributed by atoms with Crippen molar-refractivity contribution >= 4 is 16.0 Å². The van der Waals surface area contributed by atoms with Gasteiger partial charge in [0.05, 0.1) is 17.0 Å². The molecule has 1 heterocycles. The van der Waals surface area contributed by atoms with Crippen LogP contribution in [0.4, 0.5) is 0 Å². The minimum Gasteiger partial charge on any atom is -0.373 e. The predicted octanol–water partition coefficient (Wildman–Crippen LogP) is 0.958. The number of hydrogen-bond acceptors (Lipinski definition) is 4. The molecule has 1 atom stereocenters. The smallest absolute Gasteiger partial charge is 0.238 e. The molecule has 0 saturated carbocycles. The van der Waals surface area contributed by atoms with E-state index in [4.69, 9.17) is 9.88 Å². The zero-order valence-electron chi connectivity index (χ0n) is 14.2. The standard InChI is InChI=1S/C16H26N4O3S/c1-3-18-15(20-12-16(2)9-4-10-23-16)19-11-13-5-7-14(8-6-13)24(17,21)22/h5-8H,3-4,9-12H2,1-2H3,(H2,17,21,22)(H2,18,19,20). The zero-order valence-corrected chi connectivity index (χ0v) is 15.0. The van der Waals surface area contributed by atoms with Crippen LogP contribution in [0.2, 0.25) is 0 Å². The third kappa shape index (κ3) is 5.47. The number of sulfonamides is 1. The number of hydrogen-bond donors (Lipinski definition) is 3. The molecule has 1 aromatic carbocycles. The highest BCUT2D eigenvalue weighted by Crippen LogP contribution is 2.23. The van der Waals surface area contributed by atoms with E-state index in [2.05, 4.69) is 22.5 Å². The lowest BCUT2D eigenvalue weighted by atomic mass is 10.0. The molecule has 1 aliphatic heterocycles. The Labute approximate surface area is 143 Å². The Morgan fingerprint density at radius 3 is 2.58 bits per heavy atom. The molecule has 0 spiro atoms. The van der Waals surface area contributed by atoms with Crippen LogP contribution in [0, 0.1) is 0 Å². The van der Waals surface area contributed by atoms with E-state index in [-0.39, 0.29) is 10.5 Å². The van der Waals surface area contributed by atoms with Gasteiger partial charge < -0.3 is 15.4 Å². The molecule has 1 aromatic rings. The van der Waals surface area contributed by atoms with Gasteiger partial charge in [-0.15, -0.1) is 0 Å². The first kappa shape index (κ1) is 18.7. The summed E-state index contributed by atoms with van der Waals surface area (Å²) in [5, 5.41) is 11.6. The van der Waals surface area contributed by atoms with Crippen LogP contribution in [-0.4, -0.2) is 39.7 Å². The van der Waals surface area contributed by atoms with Crippen molar-refractivity contribution in [2.24, 2.45) is 10.1 Å². The van der Waals surface area contributed by atoms with Crippen molar-refractivity contribution in [2.75, 3.05) is 19.7 Å². The number of primary sulfonamides is 1. The number of benzene rings is 1. The minimum absolute atomic E-state index is 0.103. The maximum atomic E-state index is 11.3. The topological polar surface area (TPSA) is 106 Å². The Kier molecular flexibility index (Phi) is 6.20. The van der Waals surface area contributed by atoms with E-state index in [0.717, 1.165) is 31.6 Å². The van der Waals surface area contributed by atoms with Gasteiger partial charge in [-0.05, 0) is 44.4 Å². The van der Waals surface area contributed by atoms with Gasteiger partial charge in [0, 0.05) is 19.7 Å². The summed E-state index contributed by atoms with van der Waals surface area (Å²) < 4.78 is 28.3. The van der Waals surface area contributed by atoms with Crippen molar-refractivity contribution in [3.63, 3.8) is 0 Å². The van der Waals surface area contributed by atoms with Crippen molar-refractivity contribution in [1.29, 1.82) is 0 Å². The summed E-state index contributed by atoms with van der Waals surface area (Å²) in [5.41, 5.74) is 0.760. The summed E-state index contributed by atoms with van der Waals surface area (Å²) in [4.78, 5) is 4.63. The average Bonchev–Trinajstić information content (AvgIpc) is 2.97. The van der Waals surface area contributed by atoms with Gasteiger partial charge >= 0.3 is 0 Å². The molecule has 134 valence electrons. The van der Waals surface area contributed by atoms with E-state index < -0.39 is 10.0 Å². The second kappa shape index (κ2) is 7.96. The van der Waals surface area contributed by atoms with Crippen molar-refractivity contribution in [1.82, 2.24) is 10.6 Å². The largest absolute Gasteiger partial charge is 0.373 e. The third-order valence-electron chi connectivity index (χ3n) is 3.95. The molecule has 0 aliphatic carbocycles. The zero-order chi connectivity index (χ0) is 17.6. The molecule has 0 bridgehead atoms. The third-order valence-corrected chi connectivity index (χ3v) is 4.88. The Morgan fingerprint density at radius 2 is 2.04 bits per heavy atom. The van der Waals surface area contributed by atoms with Crippen molar-refractivity contribution in [3.05, 3.63) is 29.8 Å². The lowest BCUT2D eigenvalue weighted by Gasteiger charge is -2.24. The molecule has 1 unspecified atom stereocenters. The van der Waals surface area contributed by atoms with Crippen LogP contribution >= 0.6 is 0 Å². The highest BCUT2D eigenvalue weighted by Gasteiger charge is 2.29. The fraction of sp³-hybridized carbons (Fsp3) is 0.562. The van der Waals surface area contributed by atoms with Crippen molar-refractivity contribution in [2.45, 2.75) is 43.7 Å². The van der Waals surface area contributed by atoms with Crippen molar-refractivity contribution in [3.8, 4) is 0 Å². The lowest BCUT2D eigenvalue weighted by Crippen LogP contribution is -2.45. The van der Waals surface area contributed by atoms with Gasteiger partial charge in [0.1, 0.15) is 0 Å². The molecule has 1 aliphatic rings. The number of nitrogens with two attached hydrogens (primary N) is 1. The van der Waals surface area contributed by atoms with Crippen LogP contribution in [0.3, 0.4) is 0 Å². The Hall–Kier alpha value is -1.64. The van der Waals surface area contributed by atoms with E-state index in [1.807, 2.05) is 6.92 Å². The molecular weight excluding hydrogens is 328 g/mol. The van der Waals surface area contributed by atoms with Crippen LogP contribution in [0.25, 0.3) is 0 Å². The molecule has 7 nitrogen and oxygen atoms in total.